The first-order valence-corrected chi connectivity index (χ1v) is 32.5. The Morgan fingerprint density at radius 2 is 0.221 bits per heavy atom. The second-order valence-electron chi connectivity index (χ2n) is 22.1. The maximum Gasteiger partial charge on any atom is 0.0755 e. The molecule has 0 atom stereocenters. The Balaban J connectivity index is -0.000000585. The fourth-order valence-corrected chi connectivity index (χ4v) is 10.2. The molecule has 0 fully saturated rings. The smallest absolute Gasteiger partial charge is 0.0755 e. The van der Waals surface area contributed by atoms with Gasteiger partial charge in [0.15, 0.2) is 0 Å². The molecule has 4 heteroatoms. The Hall–Kier alpha value is 0.500. The van der Waals surface area contributed by atoms with Crippen LogP contribution in [0.15, 0.2) is 0 Å². The second-order valence-corrected chi connectivity index (χ2v) is 22.1. The maximum atomic E-state index is 2.58. The zero-order valence-corrected chi connectivity index (χ0v) is 49.8. The molecule has 4 N–H and O–H groups in total. The van der Waals surface area contributed by atoms with E-state index in [1.165, 1.54) is 386 Å². The molecule has 416 valence electrons. The lowest BCUT2D eigenvalue weighted by Gasteiger charge is -2.04. The summed E-state index contributed by atoms with van der Waals surface area (Å²) in [5, 5.41) is 5.17. The summed E-state index contributed by atoms with van der Waals surface area (Å²) in [5.74, 6) is 0. The van der Waals surface area contributed by atoms with Gasteiger partial charge in [0.25, 0.3) is 0 Å². The summed E-state index contributed by atoms with van der Waals surface area (Å²) in [4.78, 5) is 0. The minimum atomic E-state index is 0. The molecule has 2 nitrogen and oxygen atoms in total. The van der Waals surface area contributed by atoms with Crippen LogP contribution in [0, 0.1) is 0 Å². The minimum Gasteiger partial charge on any atom is -1.00 e. The lowest BCUT2D eigenvalue weighted by molar-refractivity contribution is -0.655. The largest absolute Gasteiger partial charge is 1.00 e. The Kier molecular flexibility index (Phi) is 84.3. The van der Waals surface area contributed by atoms with Crippen LogP contribution in [0.25, 0.3) is 0 Å². The highest BCUT2D eigenvalue weighted by Crippen LogP contribution is 2.16. The fourth-order valence-electron chi connectivity index (χ4n) is 10.2. The van der Waals surface area contributed by atoms with Gasteiger partial charge in [0.1, 0.15) is 0 Å². The van der Waals surface area contributed by atoms with E-state index in [4.69, 9.17) is 0 Å². The quantitative estimate of drug-likeness (QED) is 0.0570. The minimum absolute atomic E-state index is 0. The molecule has 0 rings (SSSR count). The first-order chi connectivity index (χ1) is 32.8. The summed E-state index contributed by atoms with van der Waals surface area (Å²) in [6.07, 6.45) is 82.1. The molecule has 0 spiro atoms. The van der Waals surface area contributed by atoms with Gasteiger partial charge in [-0.1, -0.05) is 336 Å². The third kappa shape index (κ3) is 77.9. The van der Waals surface area contributed by atoms with E-state index in [2.05, 4.69) is 38.3 Å². The molecular weight excluding hydrogens is 868 g/mol. The van der Waals surface area contributed by atoms with Crippen molar-refractivity contribution >= 4 is 0 Å². The van der Waals surface area contributed by atoms with Gasteiger partial charge in [0.05, 0.1) is 26.2 Å². The molecule has 0 amide bonds. The third-order valence-corrected chi connectivity index (χ3v) is 15.0. The zero-order chi connectivity index (χ0) is 47.8. The summed E-state index contributed by atoms with van der Waals surface area (Å²) in [5.41, 5.74) is 0. The molecule has 0 saturated heterocycles. The van der Waals surface area contributed by atoms with E-state index in [1.807, 2.05) is 0 Å². The van der Waals surface area contributed by atoms with Gasteiger partial charge >= 0.3 is 0 Å². The normalized spacial score (nSPS) is 11.1. The van der Waals surface area contributed by atoms with Crippen LogP contribution in [0.5, 0.6) is 0 Å². The van der Waals surface area contributed by atoms with E-state index in [9.17, 15) is 0 Å². The number of unbranched alkanes of at least 4 members (excludes halogenated alkanes) is 52. The lowest BCUT2D eigenvalue weighted by Crippen LogP contribution is -3.00. The van der Waals surface area contributed by atoms with E-state index >= 15 is 0 Å². The predicted octanol–water partition coefficient (Wildman–Crippen LogP) is 15.0. The molecule has 0 unspecified atom stereocenters. The van der Waals surface area contributed by atoms with Gasteiger partial charge in [-0.15, -0.1) is 0 Å². The monoisotopic (exact) mass is 1000 g/mol. The van der Waals surface area contributed by atoms with E-state index in [1.54, 1.807) is 0 Å². The van der Waals surface area contributed by atoms with Gasteiger partial charge in [0.2, 0.25) is 0 Å². The predicted molar refractivity (Wildman–Crippen MR) is 305 cm³/mol. The van der Waals surface area contributed by atoms with E-state index in [0.29, 0.717) is 0 Å². The van der Waals surface area contributed by atoms with Crippen LogP contribution in [-0.4, -0.2) is 26.2 Å². The number of halogens is 2. The standard InChI is InChI=1S/2C32H67N.2ClH/c2*1-3-5-7-9-11-13-15-17-19-21-23-25-27-29-31-33-32-30-28-26-24-22-20-18-16-14-12-10-8-6-4-2;;/h2*33H,3-32H2,1-2H3;2*1H. The van der Waals surface area contributed by atoms with Crippen molar-refractivity contribution in [3.63, 3.8) is 0 Å². The first-order valence-electron chi connectivity index (χ1n) is 32.5. The molecule has 0 aliphatic carbocycles. The van der Waals surface area contributed by atoms with Crippen LogP contribution >= 0.6 is 0 Å². The van der Waals surface area contributed by atoms with Crippen LogP contribution in [0.3, 0.4) is 0 Å². The molecule has 0 bridgehead atoms. The summed E-state index contributed by atoms with van der Waals surface area (Å²) < 4.78 is 0. The Bertz CT molecular complexity index is 642. The third-order valence-electron chi connectivity index (χ3n) is 15.0. The van der Waals surface area contributed by atoms with Crippen molar-refractivity contribution < 1.29 is 35.4 Å². The van der Waals surface area contributed by atoms with Crippen molar-refractivity contribution in [2.45, 2.75) is 387 Å². The van der Waals surface area contributed by atoms with E-state index in [-0.39, 0.29) is 24.8 Å². The summed E-state index contributed by atoms with van der Waals surface area (Å²) in [6.45, 7) is 14.7. The number of quaternary nitrogens is 2. The van der Waals surface area contributed by atoms with Gasteiger partial charge < -0.3 is 35.4 Å². The molecule has 68 heavy (non-hydrogen) atoms. The van der Waals surface area contributed by atoms with Crippen molar-refractivity contribution in [1.82, 2.24) is 0 Å². The van der Waals surface area contributed by atoms with Gasteiger partial charge in [-0.25, -0.2) is 0 Å². The van der Waals surface area contributed by atoms with Crippen molar-refractivity contribution in [2.24, 2.45) is 0 Å². The number of hydrogen-bond acceptors (Lipinski definition) is 0. The van der Waals surface area contributed by atoms with Crippen LogP contribution in [0.2, 0.25) is 0 Å². The van der Waals surface area contributed by atoms with Crippen molar-refractivity contribution in [2.75, 3.05) is 26.2 Å². The Morgan fingerprint density at radius 1 is 0.132 bits per heavy atom. The van der Waals surface area contributed by atoms with Crippen LogP contribution in [0.4, 0.5) is 0 Å². The molecule has 0 saturated carbocycles. The number of nitrogens with two attached hydrogens (primary N) is 2. The lowest BCUT2D eigenvalue weighted by atomic mass is 10.0. The number of rotatable bonds is 60. The first kappa shape index (κ1) is 75.0. The maximum absolute atomic E-state index is 2.58. The summed E-state index contributed by atoms with van der Waals surface area (Å²) >= 11 is 0. The molecular formula is C64H136Cl2N2. The molecule has 0 aromatic carbocycles. The summed E-state index contributed by atoms with van der Waals surface area (Å²) in [6, 6.07) is 0. The van der Waals surface area contributed by atoms with Crippen LogP contribution in [0.1, 0.15) is 387 Å². The van der Waals surface area contributed by atoms with Gasteiger partial charge in [0, 0.05) is 0 Å². The van der Waals surface area contributed by atoms with Crippen molar-refractivity contribution in [1.29, 1.82) is 0 Å². The molecule has 0 aromatic rings. The Labute approximate surface area is 446 Å². The second kappa shape index (κ2) is 76.4. The topological polar surface area (TPSA) is 33.2 Å². The highest BCUT2D eigenvalue weighted by Gasteiger charge is 2.00. The highest BCUT2D eigenvalue weighted by molar-refractivity contribution is 4.53. The SMILES string of the molecule is CCCCCCCCCCCCCCCC[NH2+]CCCCCCCCCCCCCCCC.CCCCCCCCCCCCCCCC[NH2+]CCCCCCCCCCCCCCCC.[Cl-].[Cl-]. The molecule has 0 aromatic heterocycles. The molecule has 0 aliphatic rings. The zero-order valence-electron chi connectivity index (χ0n) is 48.3. The van der Waals surface area contributed by atoms with Gasteiger partial charge in [-0.05, 0) is 51.4 Å². The van der Waals surface area contributed by atoms with Crippen LogP contribution < -0.4 is 35.4 Å². The Morgan fingerprint density at radius 3 is 0.324 bits per heavy atom. The molecule has 0 aliphatic heterocycles. The molecule has 0 radical (unpaired) electrons. The van der Waals surface area contributed by atoms with Gasteiger partial charge in [-0.2, -0.15) is 0 Å². The molecule has 0 heterocycles. The van der Waals surface area contributed by atoms with Crippen molar-refractivity contribution in [3.05, 3.63) is 0 Å². The van der Waals surface area contributed by atoms with Crippen molar-refractivity contribution in [3.8, 4) is 0 Å². The summed E-state index contributed by atoms with van der Waals surface area (Å²) in [7, 11) is 0. The fraction of sp³-hybridized carbons (Fsp3) is 1.00. The number of hydrogen-bond donors (Lipinski definition) is 2. The average Bonchev–Trinajstić information content (AvgIpc) is 3.33. The van der Waals surface area contributed by atoms with Crippen LogP contribution in [-0.2, 0) is 0 Å². The van der Waals surface area contributed by atoms with Gasteiger partial charge in [-0.3, -0.25) is 0 Å². The average molecular weight is 1000 g/mol. The van der Waals surface area contributed by atoms with E-state index < -0.39 is 0 Å². The highest BCUT2D eigenvalue weighted by atomic mass is 35.5. The van der Waals surface area contributed by atoms with E-state index in [0.717, 1.165) is 0 Å².